The number of pyridine rings is 2. The highest BCUT2D eigenvalue weighted by Crippen LogP contribution is 2.15. The van der Waals surface area contributed by atoms with Gasteiger partial charge in [-0.1, -0.05) is 25.1 Å². The highest BCUT2D eigenvalue weighted by Gasteiger charge is 2.14. The third-order valence-corrected chi connectivity index (χ3v) is 4.30. The molecule has 0 bridgehead atoms. The highest BCUT2D eigenvalue weighted by molar-refractivity contribution is 6.58. The first-order valence-corrected chi connectivity index (χ1v) is 8.50. The molecule has 0 atom stereocenters. The van der Waals surface area contributed by atoms with Gasteiger partial charge in [-0.05, 0) is 36.5 Å². The molecule has 0 saturated heterocycles. The number of aryl methyl sites for hydroxylation is 2. The second-order valence-electron chi connectivity index (χ2n) is 6.30. The van der Waals surface area contributed by atoms with Crippen LogP contribution in [-0.2, 0) is 13.1 Å². The van der Waals surface area contributed by atoms with Gasteiger partial charge in [0.05, 0.1) is 0 Å². The fourth-order valence-corrected chi connectivity index (χ4v) is 2.96. The zero-order valence-electron chi connectivity index (χ0n) is 14.6. The zero-order chi connectivity index (χ0) is 17.8. The Hall–Kier alpha value is -2.50. The minimum absolute atomic E-state index is 0. The standard InChI is InChI=1S/C20H23BN2O2.CH4/c1-3-22-8-4-18(5-9-22)19-6-10-23(11-7-19)15-17-12-16(2)13-20(14-17)21(24)25;/h4-14,24-25H,3,15H2,1-2H3;1H4/q+2;. The summed E-state index contributed by atoms with van der Waals surface area (Å²) in [5.41, 5.74) is 4.96. The van der Waals surface area contributed by atoms with Crippen LogP contribution in [0.15, 0.2) is 67.3 Å². The molecule has 2 N–H and O–H groups in total. The van der Waals surface area contributed by atoms with Crippen molar-refractivity contribution in [3.8, 4) is 11.1 Å². The number of hydrogen-bond acceptors (Lipinski definition) is 2. The summed E-state index contributed by atoms with van der Waals surface area (Å²) >= 11 is 0. The molecule has 26 heavy (non-hydrogen) atoms. The van der Waals surface area contributed by atoms with E-state index in [1.165, 1.54) is 11.1 Å². The number of benzene rings is 1. The van der Waals surface area contributed by atoms with Gasteiger partial charge in [0, 0.05) is 29.8 Å². The molecule has 3 aromatic rings. The number of hydrogen-bond donors (Lipinski definition) is 2. The maximum Gasteiger partial charge on any atom is 0.488 e. The van der Waals surface area contributed by atoms with Crippen molar-refractivity contribution in [1.29, 1.82) is 0 Å². The Kier molecular flexibility index (Phi) is 6.67. The van der Waals surface area contributed by atoms with Crippen molar-refractivity contribution in [1.82, 2.24) is 0 Å². The van der Waals surface area contributed by atoms with E-state index in [0.717, 1.165) is 17.7 Å². The molecule has 3 rings (SSSR count). The smallest absolute Gasteiger partial charge is 0.423 e. The summed E-state index contributed by atoms with van der Waals surface area (Å²) in [5.74, 6) is 0. The average Bonchev–Trinajstić information content (AvgIpc) is 2.62. The Morgan fingerprint density at radius 2 is 1.38 bits per heavy atom. The van der Waals surface area contributed by atoms with Crippen LogP contribution in [0.4, 0.5) is 0 Å². The van der Waals surface area contributed by atoms with E-state index in [2.05, 4.69) is 58.8 Å². The van der Waals surface area contributed by atoms with Gasteiger partial charge in [-0.15, -0.1) is 0 Å². The van der Waals surface area contributed by atoms with Crippen LogP contribution >= 0.6 is 0 Å². The first-order chi connectivity index (χ1) is 12.0. The van der Waals surface area contributed by atoms with Crippen LogP contribution in [0.3, 0.4) is 0 Å². The van der Waals surface area contributed by atoms with Crippen LogP contribution in [-0.4, -0.2) is 17.2 Å². The number of rotatable bonds is 5. The maximum absolute atomic E-state index is 9.39. The fourth-order valence-electron chi connectivity index (χ4n) is 2.96. The van der Waals surface area contributed by atoms with Crippen molar-refractivity contribution < 1.29 is 19.2 Å². The molecule has 0 spiro atoms. The molecular weight excluding hydrogens is 323 g/mol. The minimum Gasteiger partial charge on any atom is -0.423 e. The molecule has 0 saturated carbocycles. The Morgan fingerprint density at radius 1 is 0.846 bits per heavy atom. The summed E-state index contributed by atoms with van der Waals surface area (Å²) in [5, 5.41) is 18.8. The van der Waals surface area contributed by atoms with Gasteiger partial charge in [0.15, 0.2) is 31.3 Å². The third kappa shape index (κ3) is 4.78. The van der Waals surface area contributed by atoms with E-state index in [9.17, 15) is 10.0 Å². The van der Waals surface area contributed by atoms with E-state index in [0.29, 0.717) is 12.0 Å². The van der Waals surface area contributed by atoms with E-state index in [1.54, 1.807) is 6.07 Å². The van der Waals surface area contributed by atoms with Gasteiger partial charge >= 0.3 is 7.12 Å². The van der Waals surface area contributed by atoms with Crippen molar-refractivity contribution in [2.45, 2.75) is 34.4 Å². The Labute approximate surface area is 156 Å². The van der Waals surface area contributed by atoms with Crippen molar-refractivity contribution in [3.05, 3.63) is 78.4 Å². The molecule has 0 amide bonds. The second kappa shape index (κ2) is 8.74. The molecule has 0 aliphatic rings. The first kappa shape index (κ1) is 19.8. The largest absolute Gasteiger partial charge is 0.488 e. The Bertz CT molecular complexity index is 847. The number of nitrogens with zero attached hydrogens (tertiary/aromatic N) is 2. The van der Waals surface area contributed by atoms with Crippen LogP contribution < -0.4 is 14.6 Å². The van der Waals surface area contributed by atoms with Crippen molar-refractivity contribution in [2.24, 2.45) is 0 Å². The monoisotopic (exact) mass is 350 g/mol. The lowest BCUT2D eigenvalue weighted by molar-refractivity contribution is -0.693. The van der Waals surface area contributed by atoms with E-state index in [4.69, 9.17) is 0 Å². The molecule has 1 aromatic carbocycles. The van der Waals surface area contributed by atoms with Gasteiger partial charge in [0.1, 0.15) is 6.54 Å². The summed E-state index contributed by atoms with van der Waals surface area (Å²) in [6.07, 6.45) is 8.27. The lowest BCUT2D eigenvalue weighted by Gasteiger charge is -2.05. The van der Waals surface area contributed by atoms with Crippen LogP contribution in [0.5, 0.6) is 0 Å². The molecule has 0 aliphatic carbocycles. The predicted molar refractivity (Wildman–Crippen MR) is 105 cm³/mol. The minimum atomic E-state index is -1.44. The van der Waals surface area contributed by atoms with E-state index in [1.807, 2.05) is 25.4 Å². The quantitative estimate of drug-likeness (QED) is 0.543. The second-order valence-corrected chi connectivity index (χ2v) is 6.30. The number of aromatic nitrogens is 2. The Balaban J connectivity index is 0.00000243. The normalized spacial score (nSPS) is 10.3. The van der Waals surface area contributed by atoms with E-state index in [-0.39, 0.29) is 7.43 Å². The molecule has 4 nitrogen and oxygen atoms in total. The molecule has 134 valence electrons. The SMILES string of the molecule is C.CC[n+]1ccc(-c2cc[n+](Cc3cc(C)cc(B(O)O)c3)cc2)cc1. The van der Waals surface area contributed by atoms with Gasteiger partial charge in [0.2, 0.25) is 0 Å². The lowest BCUT2D eigenvalue weighted by atomic mass is 9.79. The molecule has 2 aromatic heterocycles. The summed E-state index contributed by atoms with van der Waals surface area (Å²) in [4.78, 5) is 0. The van der Waals surface area contributed by atoms with Crippen LogP contribution in [0.25, 0.3) is 11.1 Å². The average molecular weight is 350 g/mol. The summed E-state index contributed by atoms with van der Waals surface area (Å²) in [7, 11) is -1.44. The van der Waals surface area contributed by atoms with Gasteiger partial charge < -0.3 is 10.0 Å². The van der Waals surface area contributed by atoms with Gasteiger partial charge in [-0.2, -0.15) is 0 Å². The van der Waals surface area contributed by atoms with E-state index < -0.39 is 7.12 Å². The topological polar surface area (TPSA) is 48.2 Å². The van der Waals surface area contributed by atoms with Crippen LogP contribution in [0.2, 0.25) is 0 Å². The molecule has 0 aliphatic heterocycles. The van der Waals surface area contributed by atoms with E-state index >= 15 is 0 Å². The molecule has 0 radical (unpaired) electrons. The van der Waals surface area contributed by atoms with Crippen molar-refractivity contribution >= 4 is 12.6 Å². The van der Waals surface area contributed by atoms with Gasteiger partial charge in [-0.3, -0.25) is 0 Å². The fraction of sp³-hybridized carbons (Fsp3) is 0.238. The summed E-state index contributed by atoms with van der Waals surface area (Å²) in [6, 6.07) is 14.1. The van der Waals surface area contributed by atoms with Crippen LogP contribution in [0.1, 0.15) is 25.5 Å². The molecule has 2 heterocycles. The van der Waals surface area contributed by atoms with Crippen molar-refractivity contribution in [3.63, 3.8) is 0 Å². The predicted octanol–water partition coefficient (Wildman–Crippen LogP) is 1.62. The Morgan fingerprint density at radius 3 is 1.88 bits per heavy atom. The molecule has 0 unspecified atom stereocenters. The summed E-state index contributed by atoms with van der Waals surface area (Å²) < 4.78 is 4.22. The van der Waals surface area contributed by atoms with Crippen molar-refractivity contribution in [2.75, 3.05) is 0 Å². The first-order valence-electron chi connectivity index (χ1n) is 8.50. The zero-order valence-corrected chi connectivity index (χ0v) is 14.6. The molecule has 5 heteroatoms. The lowest BCUT2D eigenvalue weighted by Crippen LogP contribution is -2.35. The molecular formula is C21H27BN2O2+2. The summed E-state index contributed by atoms with van der Waals surface area (Å²) in [6.45, 7) is 5.74. The highest BCUT2D eigenvalue weighted by atomic mass is 16.4. The maximum atomic E-state index is 9.39. The van der Waals surface area contributed by atoms with Gasteiger partial charge in [0.25, 0.3) is 0 Å². The third-order valence-electron chi connectivity index (χ3n) is 4.30. The van der Waals surface area contributed by atoms with Crippen LogP contribution in [0, 0.1) is 6.92 Å². The molecule has 0 fully saturated rings. The van der Waals surface area contributed by atoms with Gasteiger partial charge in [-0.25, -0.2) is 9.13 Å².